The van der Waals surface area contributed by atoms with E-state index in [0.29, 0.717) is 19.7 Å². The summed E-state index contributed by atoms with van der Waals surface area (Å²) in [6.45, 7) is 1.86. The summed E-state index contributed by atoms with van der Waals surface area (Å²) in [5.41, 5.74) is 3.28. The Morgan fingerprint density at radius 1 is 0.833 bits per heavy atom. The minimum atomic E-state index is -0.139. The summed E-state index contributed by atoms with van der Waals surface area (Å²) in [6, 6.07) is 22.1. The molecule has 5 nitrogen and oxygen atoms in total. The van der Waals surface area contributed by atoms with Gasteiger partial charge in [0, 0.05) is 31.0 Å². The number of urea groups is 1. The molecule has 0 radical (unpaired) electrons. The van der Waals surface area contributed by atoms with Crippen molar-refractivity contribution in [2.75, 3.05) is 13.2 Å². The van der Waals surface area contributed by atoms with Gasteiger partial charge in [-0.3, -0.25) is 4.98 Å². The summed E-state index contributed by atoms with van der Waals surface area (Å²) in [5.74, 6) is 0.927. The first-order valence-corrected chi connectivity index (χ1v) is 10.5. The van der Waals surface area contributed by atoms with Crippen LogP contribution in [0.1, 0.15) is 31.2 Å². The molecule has 1 heterocycles. The molecule has 0 saturated carbocycles. The molecule has 156 valence electrons. The smallest absolute Gasteiger partial charge is 0.315 e. The van der Waals surface area contributed by atoms with Crippen molar-refractivity contribution in [3.05, 3.63) is 84.7 Å². The number of hydrogen-bond acceptors (Lipinski definition) is 3. The Hall–Kier alpha value is -3.34. The number of benzene rings is 2. The van der Waals surface area contributed by atoms with Crippen LogP contribution in [0.3, 0.4) is 0 Å². The highest BCUT2D eigenvalue weighted by atomic mass is 16.5. The standard InChI is InChI=1S/C25H29N3O2/c29-25(28-20-21-11-10-16-26-19-21)27-17-8-1-2-9-18-30-24-15-7-6-14-23(24)22-12-4-3-5-13-22/h3-7,10-16,19H,1-2,8-9,17-18,20H2,(H2,27,28,29). The van der Waals surface area contributed by atoms with E-state index < -0.39 is 0 Å². The molecule has 3 rings (SSSR count). The highest BCUT2D eigenvalue weighted by Crippen LogP contribution is 2.29. The number of pyridine rings is 1. The largest absolute Gasteiger partial charge is 0.493 e. The first-order valence-electron chi connectivity index (χ1n) is 10.5. The summed E-state index contributed by atoms with van der Waals surface area (Å²) in [4.78, 5) is 15.8. The number of carbonyl (C=O) groups excluding carboxylic acids is 1. The Kier molecular flexibility index (Phi) is 8.74. The average Bonchev–Trinajstić information content (AvgIpc) is 2.81. The third-order valence-electron chi connectivity index (χ3n) is 4.76. The van der Waals surface area contributed by atoms with Gasteiger partial charge in [0.1, 0.15) is 5.75 Å². The van der Waals surface area contributed by atoms with E-state index in [2.05, 4.69) is 33.8 Å². The molecule has 0 aliphatic heterocycles. The topological polar surface area (TPSA) is 63.2 Å². The van der Waals surface area contributed by atoms with Crippen LogP contribution in [0.4, 0.5) is 4.79 Å². The number of rotatable bonds is 11. The number of nitrogens with zero attached hydrogens (tertiary/aromatic N) is 1. The van der Waals surface area contributed by atoms with Crippen molar-refractivity contribution in [2.24, 2.45) is 0 Å². The molecule has 30 heavy (non-hydrogen) atoms. The summed E-state index contributed by atoms with van der Waals surface area (Å²) in [7, 11) is 0. The summed E-state index contributed by atoms with van der Waals surface area (Å²) in [5, 5.41) is 5.73. The van der Waals surface area contributed by atoms with Crippen molar-refractivity contribution in [3.8, 4) is 16.9 Å². The number of amides is 2. The fourth-order valence-electron chi connectivity index (χ4n) is 3.16. The molecule has 0 aliphatic carbocycles. The van der Waals surface area contributed by atoms with Gasteiger partial charge in [-0.05, 0) is 36.1 Å². The molecule has 2 amide bonds. The number of unbranched alkanes of at least 4 members (excludes halogenated alkanes) is 3. The van der Waals surface area contributed by atoms with Gasteiger partial charge in [-0.25, -0.2) is 4.79 Å². The van der Waals surface area contributed by atoms with Gasteiger partial charge in [0.15, 0.2) is 0 Å². The number of nitrogens with one attached hydrogen (secondary N) is 2. The van der Waals surface area contributed by atoms with E-state index in [9.17, 15) is 4.79 Å². The van der Waals surface area contributed by atoms with Crippen molar-refractivity contribution >= 4 is 6.03 Å². The predicted molar refractivity (Wildman–Crippen MR) is 120 cm³/mol. The quantitative estimate of drug-likeness (QED) is 0.433. The Morgan fingerprint density at radius 3 is 2.47 bits per heavy atom. The van der Waals surface area contributed by atoms with Crippen molar-refractivity contribution in [2.45, 2.75) is 32.2 Å². The number of ether oxygens (including phenoxy) is 1. The van der Waals surface area contributed by atoms with E-state index in [4.69, 9.17) is 4.74 Å². The first kappa shape index (κ1) is 21.4. The minimum Gasteiger partial charge on any atom is -0.493 e. The molecular formula is C25H29N3O2. The molecule has 0 bridgehead atoms. The van der Waals surface area contributed by atoms with Crippen LogP contribution in [0.5, 0.6) is 5.75 Å². The average molecular weight is 404 g/mol. The SMILES string of the molecule is O=C(NCCCCCCOc1ccccc1-c1ccccc1)NCc1cccnc1. The van der Waals surface area contributed by atoms with Crippen LogP contribution in [0.2, 0.25) is 0 Å². The second-order valence-electron chi connectivity index (χ2n) is 7.10. The van der Waals surface area contributed by atoms with Crippen LogP contribution in [-0.2, 0) is 6.54 Å². The molecule has 0 unspecified atom stereocenters. The van der Waals surface area contributed by atoms with Crippen LogP contribution in [-0.4, -0.2) is 24.2 Å². The van der Waals surface area contributed by atoms with Crippen LogP contribution in [0.25, 0.3) is 11.1 Å². The molecule has 5 heteroatoms. The fraction of sp³-hybridized carbons (Fsp3) is 0.280. The Bertz CT molecular complexity index is 885. The monoisotopic (exact) mass is 403 g/mol. The third kappa shape index (κ3) is 7.24. The number of aromatic nitrogens is 1. The lowest BCUT2D eigenvalue weighted by molar-refractivity contribution is 0.240. The van der Waals surface area contributed by atoms with Crippen molar-refractivity contribution < 1.29 is 9.53 Å². The second-order valence-corrected chi connectivity index (χ2v) is 7.10. The number of hydrogen-bond donors (Lipinski definition) is 2. The molecule has 1 aromatic heterocycles. The molecule has 2 N–H and O–H groups in total. The minimum absolute atomic E-state index is 0.139. The van der Waals surface area contributed by atoms with E-state index in [1.807, 2.05) is 48.5 Å². The van der Waals surface area contributed by atoms with Gasteiger partial charge in [-0.15, -0.1) is 0 Å². The Morgan fingerprint density at radius 2 is 1.63 bits per heavy atom. The zero-order valence-electron chi connectivity index (χ0n) is 17.2. The molecule has 0 saturated heterocycles. The maximum absolute atomic E-state index is 11.8. The normalized spacial score (nSPS) is 10.4. The zero-order valence-corrected chi connectivity index (χ0v) is 17.2. The summed E-state index contributed by atoms with van der Waals surface area (Å²) in [6.07, 6.45) is 7.56. The number of carbonyl (C=O) groups is 1. The molecule has 0 aliphatic rings. The third-order valence-corrected chi connectivity index (χ3v) is 4.76. The van der Waals surface area contributed by atoms with Gasteiger partial charge >= 0.3 is 6.03 Å². The van der Waals surface area contributed by atoms with Gasteiger partial charge in [-0.1, -0.05) is 67.4 Å². The van der Waals surface area contributed by atoms with Crippen LogP contribution in [0, 0.1) is 0 Å². The highest BCUT2D eigenvalue weighted by Gasteiger charge is 2.05. The lowest BCUT2D eigenvalue weighted by Crippen LogP contribution is -2.35. The molecule has 0 atom stereocenters. The van der Waals surface area contributed by atoms with E-state index in [1.54, 1.807) is 12.4 Å². The Balaban J connectivity index is 1.26. The van der Waals surface area contributed by atoms with Gasteiger partial charge in [0.05, 0.1) is 6.61 Å². The van der Waals surface area contributed by atoms with E-state index in [1.165, 1.54) is 5.56 Å². The molecule has 0 fully saturated rings. The zero-order chi connectivity index (χ0) is 20.9. The summed E-state index contributed by atoms with van der Waals surface area (Å²) < 4.78 is 6.03. The van der Waals surface area contributed by atoms with E-state index in [-0.39, 0.29) is 6.03 Å². The van der Waals surface area contributed by atoms with E-state index in [0.717, 1.165) is 42.6 Å². The van der Waals surface area contributed by atoms with Gasteiger partial charge in [-0.2, -0.15) is 0 Å². The van der Waals surface area contributed by atoms with Crippen LogP contribution >= 0.6 is 0 Å². The molecular weight excluding hydrogens is 374 g/mol. The second kappa shape index (κ2) is 12.3. The van der Waals surface area contributed by atoms with Crippen molar-refractivity contribution in [1.82, 2.24) is 15.6 Å². The maximum Gasteiger partial charge on any atom is 0.315 e. The first-order chi connectivity index (χ1) is 14.8. The van der Waals surface area contributed by atoms with Gasteiger partial charge in [0.25, 0.3) is 0 Å². The molecule has 3 aromatic rings. The van der Waals surface area contributed by atoms with Crippen molar-refractivity contribution in [1.29, 1.82) is 0 Å². The maximum atomic E-state index is 11.8. The lowest BCUT2D eigenvalue weighted by atomic mass is 10.1. The highest BCUT2D eigenvalue weighted by molar-refractivity contribution is 5.73. The van der Waals surface area contributed by atoms with E-state index >= 15 is 0 Å². The summed E-state index contributed by atoms with van der Waals surface area (Å²) >= 11 is 0. The van der Waals surface area contributed by atoms with Crippen molar-refractivity contribution in [3.63, 3.8) is 0 Å². The number of para-hydroxylation sites is 1. The molecule has 2 aromatic carbocycles. The lowest BCUT2D eigenvalue weighted by Gasteiger charge is -2.11. The fourth-order valence-corrected chi connectivity index (χ4v) is 3.16. The molecule has 0 spiro atoms. The van der Waals surface area contributed by atoms with Gasteiger partial charge < -0.3 is 15.4 Å². The van der Waals surface area contributed by atoms with Gasteiger partial charge in [0.2, 0.25) is 0 Å². The predicted octanol–water partition coefficient (Wildman–Crippen LogP) is 5.19. The van der Waals surface area contributed by atoms with Crippen LogP contribution < -0.4 is 15.4 Å². The Labute approximate surface area is 178 Å². The van der Waals surface area contributed by atoms with Crippen LogP contribution in [0.15, 0.2) is 79.1 Å².